The lowest BCUT2D eigenvalue weighted by Gasteiger charge is -2.37. The Bertz CT molecular complexity index is 870. The Morgan fingerprint density at radius 3 is 2.43 bits per heavy atom. The van der Waals surface area contributed by atoms with Gasteiger partial charge in [-0.25, -0.2) is 4.90 Å². The van der Waals surface area contributed by atoms with Crippen molar-refractivity contribution in [2.45, 2.75) is 57.5 Å². The Labute approximate surface area is 169 Å². The van der Waals surface area contributed by atoms with Crippen LogP contribution in [0.3, 0.4) is 0 Å². The van der Waals surface area contributed by atoms with Crippen LogP contribution in [0.15, 0.2) is 41.8 Å². The Kier molecular flexibility index (Phi) is 5.31. The molecular formula is C22H24N2O3S. The predicted octanol–water partition coefficient (Wildman–Crippen LogP) is 4.16. The number of nitrogens with zero attached hydrogens (tertiary/aromatic N) is 2. The van der Waals surface area contributed by atoms with Gasteiger partial charge in [0.2, 0.25) is 5.91 Å². The lowest BCUT2D eigenvalue weighted by Crippen LogP contribution is -2.51. The molecule has 1 aromatic carbocycles. The zero-order valence-electron chi connectivity index (χ0n) is 16.0. The summed E-state index contributed by atoms with van der Waals surface area (Å²) in [5.74, 6) is -0.651. The van der Waals surface area contributed by atoms with Crippen LogP contribution in [-0.2, 0) is 9.59 Å². The molecule has 2 heterocycles. The number of amides is 3. The number of carbonyl (C=O) groups excluding carboxylic acids is 3. The molecule has 1 aliphatic carbocycles. The number of benzene rings is 1. The van der Waals surface area contributed by atoms with Gasteiger partial charge < -0.3 is 4.90 Å². The van der Waals surface area contributed by atoms with Crippen molar-refractivity contribution in [3.05, 3.63) is 52.2 Å². The topological polar surface area (TPSA) is 57.7 Å². The fourth-order valence-electron chi connectivity index (χ4n) is 4.25. The van der Waals surface area contributed by atoms with Crippen molar-refractivity contribution < 1.29 is 14.4 Å². The van der Waals surface area contributed by atoms with Crippen molar-refractivity contribution in [3.8, 4) is 0 Å². The van der Waals surface area contributed by atoms with E-state index >= 15 is 0 Å². The molecule has 0 bridgehead atoms. The molecule has 1 aromatic heterocycles. The van der Waals surface area contributed by atoms with Gasteiger partial charge in [0, 0.05) is 6.04 Å². The maximum Gasteiger partial charge on any atom is 0.264 e. The minimum absolute atomic E-state index is 0.0167. The van der Waals surface area contributed by atoms with Crippen molar-refractivity contribution >= 4 is 34.7 Å². The molecule has 0 N–H and O–H groups in total. The molecule has 2 aliphatic rings. The second-order valence-corrected chi connectivity index (χ2v) is 8.55. The highest BCUT2D eigenvalue weighted by Crippen LogP contribution is 2.32. The molecule has 0 radical (unpaired) electrons. The third kappa shape index (κ3) is 3.49. The van der Waals surface area contributed by atoms with E-state index in [-0.39, 0.29) is 30.2 Å². The second kappa shape index (κ2) is 7.87. The maximum absolute atomic E-state index is 13.3. The van der Waals surface area contributed by atoms with Gasteiger partial charge in [-0.1, -0.05) is 43.0 Å². The molecule has 1 saturated carbocycles. The van der Waals surface area contributed by atoms with E-state index in [9.17, 15) is 14.4 Å². The number of anilines is 1. The van der Waals surface area contributed by atoms with Crippen LogP contribution < -0.4 is 4.90 Å². The van der Waals surface area contributed by atoms with Crippen LogP contribution in [0.4, 0.5) is 5.69 Å². The first-order valence-corrected chi connectivity index (χ1v) is 10.7. The van der Waals surface area contributed by atoms with Gasteiger partial charge in [-0.2, -0.15) is 0 Å². The first-order valence-electron chi connectivity index (χ1n) is 9.86. The minimum atomic E-state index is -0.716. The van der Waals surface area contributed by atoms with Crippen LogP contribution in [-0.4, -0.2) is 34.7 Å². The highest BCUT2D eigenvalue weighted by atomic mass is 32.1. The molecular weight excluding hydrogens is 372 g/mol. The van der Waals surface area contributed by atoms with Crippen molar-refractivity contribution in [1.82, 2.24) is 4.90 Å². The van der Waals surface area contributed by atoms with Gasteiger partial charge in [0.15, 0.2) is 0 Å². The summed E-state index contributed by atoms with van der Waals surface area (Å²) in [4.78, 5) is 42.9. The summed E-state index contributed by atoms with van der Waals surface area (Å²) in [7, 11) is 0. The largest absolute Gasteiger partial charge is 0.322 e. The van der Waals surface area contributed by atoms with E-state index < -0.39 is 6.04 Å². The fraction of sp³-hybridized carbons (Fsp3) is 0.409. The van der Waals surface area contributed by atoms with Crippen LogP contribution >= 0.6 is 11.3 Å². The SMILES string of the molecule is Cc1ccc(N2C(=O)CC(N(C(=O)c3cccs3)C3CCCCC3)C2=O)cc1. The highest BCUT2D eigenvalue weighted by Gasteiger charge is 2.46. The summed E-state index contributed by atoms with van der Waals surface area (Å²) in [5.41, 5.74) is 1.64. The molecule has 28 heavy (non-hydrogen) atoms. The average molecular weight is 397 g/mol. The second-order valence-electron chi connectivity index (χ2n) is 7.60. The van der Waals surface area contributed by atoms with E-state index in [4.69, 9.17) is 0 Å². The smallest absolute Gasteiger partial charge is 0.264 e. The zero-order valence-corrected chi connectivity index (χ0v) is 16.8. The molecule has 2 aromatic rings. The quantitative estimate of drug-likeness (QED) is 0.729. The minimum Gasteiger partial charge on any atom is -0.322 e. The van der Waals surface area contributed by atoms with Gasteiger partial charge in [0.1, 0.15) is 6.04 Å². The normalized spacial score (nSPS) is 20.6. The highest BCUT2D eigenvalue weighted by molar-refractivity contribution is 7.12. The van der Waals surface area contributed by atoms with E-state index in [1.165, 1.54) is 16.2 Å². The van der Waals surface area contributed by atoms with Gasteiger partial charge in [0.25, 0.3) is 11.8 Å². The number of aryl methyl sites for hydroxylation is 1. The molecule has 1 atom stereocenters. The first-order chi connectivity index (χ1) is 13.6. The molecule has 6 heteroatoms. The summed E-state index contributed by atoms with van der Waals surface area (Å²) >= 11 is 1.38. The Hall–Kier alpha value is -2.47. The monoisotopic (exact) mass is 396 g/mol. The molecule has 3 amide bonds. The molecule has 1 aliphatic heterocycles. The lowest BCUT2D eigenvalue weighted by atomic mass is 9.92. The maximum atomic E-state index is 13.3. The van der Waals surface area contributed by atoms with Gasteiger partial charge >= 0.3 is 0 Å². The lowest BCUT2D eigenvalue weighted by molar-refractivity contribution is -0.123. The van der Waals surface area contributed by atoms with E-state index in [1.54, 1.807) is 23.1 Å². The Morgan fingerprint density at radius 1 is 1.07 bits per heavy atom. The number of thiophene rings is 1. The van der Waals surface area contributed by atoms with Crippen LogP contribution in [0.1, 0.15) is 53.8 Å². The van der Waals surface area contributed by atoms with Gasteiger partial charge in [0.05, 0.1) is 17.0 Å². The third-order valence-electron chi connectivity index (χ3n) is 5.69. The standard InChI is InChI=1S/C22H24N2O3S/c1-15-9-11-17(12-10-15)24-20(25)14-18(21(24)26)23(16-6-3-2-4-7-16)22(27)19-8-5-13-28-19/h5,8-13,16,18H,2-4,6-7,14H2,1H3. The van der Waals surface area contributed by atoms with Crippen LogP contribution in [0.25, 0.3) is 0 Å². The Balaban J connectivity index is 1.66. The predicted molar refractivity (Wildman–Crippen MR) is 109 cm³/mol. The van der Waals surface area contributed by atoms with Crippen LogP contribution in [0, 0.1) is 6.92 Å². The average Bonchev–Trinajstić information content (AvgIpc) is 3.33. The van der Waals surface area contributed by atoms with Gasteiger partial charge in [-0.15, -0.1) is 11.3 Å². The zero-order chi connectivity index (χ0) is 19.7. The van der Waals surface area contributed by atoms with E-state index in [2.05, 4.69) is 0 Å². The first kappa shape index (κ1) is 18.9. The number of hydrogen-bond acceptors (Lipinski definition) is 4. The van der Waals surface area contributed by atoms with Gasteiger partial charge in [-0.05, 0) is 43.3 Å². The van der Waals surface area contributed by atoms with E-state index in [1.807, 2.05) is 30.5 Å². The molecule has 146 valence electrons. The summed E-state index contributed by atoms with van der Waals surface area (Å²) in [6, 6.07) is 10.3. The number of imide groups is 1. The number of carbonyl (C=O) groups is 3. The summed E-state index contributed by atoms with van der Waals surface area (Å²) in [6.45, 7) is 1.96. The molecule has 2 fully saturated rings. The third-order valence-corrected chi connectivity index (χ3v) is 6.54. The fourth-order valence-corrected chi connectivity index (χ4v) is 4.91. The van der Waals surface area contributed by atoms with Gasteiger partial charge in [-0.3, -0.25) is 14.4 Å². The molecule has 5 nitrogen and oxygen atoms in total. The van der Waals surface area contributed by atoms with Crippen LogP contribution in [0.5, 0.6) is 0 Å². The van der Waals surface area contributed by atoms with E-state index in [0.29, 0.717) is 10.6 Å². The number of hydrogen-bond donors (Lipinski definition) is 0. The van der Waals surface area contributed by atoms with Crippen molar-refractivity contribution in [3.63, 3.8) is 0 Å². The number of rotatable bonds is 4. The van der Waals surface area contributed by atoms with Crippen molar-refractivity contribution in [1.29, 1.82) is 0 Å². The molecule has 0 spiro atoms. The van der Waals surface area contributed by atoms with Crippen molar-refractivity contribution in [2.75, 3.05) is 4.90 Å². The summed E-state index contributed by atoms with van der Waals surface area (Å²) < 4.78 is 0. The van der Waals surface area contributed by atoms with Crippen LogP contribution in [0.2, 0.25) is 0 Å². The van der Waals surface area contributed by atoms with E-state index in [0.717, 1.165) is 37.7 Å². The Morgan fingerprint density at radius 2 is 1.79 bits per heavy atom. The summed E-state index contributed by atoms with van der Waals surface area (Å²) in [6.07, 6.45) is 5.09. The molecule has 4 rings (SSSR count). The van der Waals surface area contributed by atoms with Crippen molar-refractivity contribution in [2.24, 2.45) is 0 Å². The molecule has 1 saturated heterocycles. The molecule has 1 unspecified atom stereocenters. The summed E-state index contributed by atoms with van der Waals surface area (Å²) in [5, 5.41) is 1.87.